The molecule has 1 aromatic heterocycles. The van der Waals surface area contributed by atoms with Crippen molar-refractivity contribution in [3.8, 4) is 0 Å². The largest absolute Gasteiger partial charge is 0.459 e. The Morgan fingerprint density at radius 1 is 1.33 bits per heavy atom. The zero-order valence-corrected chi connectivity index (χ0v) is 9.45. The number of benzene rings is 1. The predicted molar refractivity (Wildman–Crippen MR) is 61.3 cm³/mol. The van der Waals surface area contributed by atoms with Gasteiger partial charge < -0.3 is 9.52 Å². The van der Waals surface area contributed by atoms with Gasteiger partial charge in [-0.05, 0) is 19.1 Å². The van der Waals surface area contributed by atoms with Gasteiger partial charge in [-0.25, -0.2) is 0 Å². The number of aliphatic hydroxyl groups excluding tert-OH is 1. The second-order valence-electron chi connectivity index (χ2n) is 3.84. The maximum Gasteiger partial charge on any atom is 0.152 e. The topological polar surface area (TPSA) is 33.4 Å². The van der Waals surface area contributed by atoms with Crippen molar-refractivity contribution in [2.45, 2.75) is 25.9 Å². The molecule has 2 atom stereocenters. The van der Waals surface area contributed by atoms with Gasteiger partial charge >= 0.3 is 0 Å². The Morgan fingerprint density at radius 2 is 2.07 bits per heavy atom. The van der Waals surface area contributed by atoms with Gasteiger partial charge in [0.05, 0.1) is 11.1 Å². The van der Waals surface area contributed by atoms with Crippen LogP contribution >= 0.6 is 11.6 Å². The van der Waals surface area contributed by atoms with Crippen molar-refractivity contribution in [1.82, 2.24) is 0 Å². The number of fused-ring (bicyclic) bond motifs is 1. The van der Waals surface area contributed by atoms with Gasteiger partial charge in [0.2, 0.25) is 0 Å². The second-order valence-corrected chi connectivity index (χ2v) is 4.24. The van der Waals surface area contributed by atoms with Crippen LogP contribution in [0.25, 0.3) is 11.0 Å². The van der Waals surface area contributed by atoms with Crippen LogP contribution in [0, 0.1) is 0 Å². The van der Waals surface area contributed by atoms with Crippen molar-refractivity contribution < 1.29 is 9.52 Å². The van der Waals surface area contributed by atoms with E-state index < -0.39 is 6.10 Å². The third kappa shape index (κ3) is 1.87. The molecule has 0 fully saturated rings. The van der Waals surface area contributed by atoms with Crippen molar-refractivity contribution in [2.75, 3.05) is 0 Å². The van der Waals surface area contributed by atoms with Crippen molar-refractivity contribution in [3.05, 3.63) is 35.0 Å². The highest BCUT2D eigenvalue weighted by atomic mass is 35.5. The lowest BCUT2D eigenvalue weighted by Crippen LogP contribution is -2.09. The summed E-state index contributed by atoms with van der Waals surface area (Å²) in [6.07, 6.45) is -0.427. The molecule has 80 valence electrons. The summed E-state index contributed by atoms with van der Waals surface area (Å²) in [4.78, 5) is 0. The van der Waals surface area contributed by atoms with Crippen LogP contribution in [-0.4, -0.2) is 11.2 Å². The Hall–Kier alpha value is -0.990. The molecule has 0 saturated carbocycles. The predicted octanol–water partition coefficient (Wildman–Crippen LogP) is 3.57. The van der Waals surface area contributed by atoms with E-state index in [1.54, 1.807) is 13.0 Å². The highest BCUT2D eigenvalue weighted by Crippen LogP contribution is 2.31. The minimum atomic E-state index is -0.427. The van der Waals surface area contributed by atoms with E-state index in [4.69, 9.17) is 16.0 Å². The summed E-state index contributed by atoms with van der Waals surface area (Å²) in [5.41, 5.74) is 0.696. The summed E-state index contributed by atoms with van der Waals surface area (Å²) < 4.78 is 5.63. The van der Waals surface area contributed by atoms with Gasteiger partial charge in [0.15, 0.2) is 5.58 Å². The zero-order chi connectivity index (χ0) is 11.0. The van der Waals surface area contributed by atoms with E-state index in [1.807, 2.05) is 25.1 Å². The first kappa shape index (κ1) is 10.5. The van der Waals surface area contributed by atoms with Crippen molar-refractivity contribution in [1.29, 1.82) is 0 Å². The molecule has 2 nitrogen and oxygen atoms in total. The second kappa shape index (κ2) is 3.87. The Balaban J connectivity index is 2.52. The minimum absolute atomic E-state index is 0.0199. The van der Waals surface area contributed by atoms with Gasteiger partial charge in [0.1, 0.15) is 5.76 Å². The van der Waals surface area contributed by atoms with E-state index in [0.29, 0.717) is 10.6 Å². The van der Waals surface area contributed by atoms with Crippen molar-refractivity contribution in [2.24, 2.45) is 0 Å². The molecule has 15 heavy (non-hydrogen) atoms. The highest BCUT2D eigenvalue weighted by molar-refractivity contribution is 6.34. The van der Waals surface area contributed by atoms with Gasteiger partial charge in [-0.15, -0.1) is 0 Å². The fourth-order valence-corrected chi connectivity index (χ4v) is 1.73. The summed E-state index contributed by atoms with van der Waals surface area (Å²) in [7, 11) is 0. The summed E-state index contributed by atoms with van der Waals surface area (Å²) in [5.74, 6) is 0.751. The van der Waals surface area contributed by atoms with E-state index in [2.05, 4.69) is 0 Å². The lowest BCUT2D eigenvalue weighted by atomic mass is 10.0. The van der Waals surface area contributed by atoms with E-state index in [-0.39, 0.29) is 5.92 Å². The first-order valence-electron chi connectivity index (χ1n) is 4.95. The molecule has 0 aliphatic heterocycles. The number of rotatable bonds is 2. The van der Waals surface area contributed by atoms with Crippen LogP contribution in [0.1, 0.15) is 25.5 Å². The quantitative estimate of drug-likeness (QED) is 0.846. The summed E-state index contributed by atoms with van der Waals surface area (Å²) in [6.45, 7) is 3.68. The van der Waals surface area contributed by atoms with Crippen LogP contribution < -0.4 is 0 Å². The lowest BCUT2D eigenvalue weighted by Gasteiger charge is -2.10. The third-order valence-corrected chi connectivity index (χ3v) is 2.99. The van der Waals surface area contributed by atoms with Gasteiger partial charge in [-0.2, -0.15) is 0 Å². The van der Waals surface area contributed by atoms with Gasteiger partial charge in [-0.1, -0.05) is 30.7 Å². The monoisotopic (exact) mass is 224 g/mol. The fraction of sp³-hybridized carbons (Fsp3) is 0.333. The van der Waals surface area contributed by atoms with Crippen molar-refractivity contribution >= 4 is 22.6 Å². The molecule has 2 aromatic rings. The Labute approximate surface area is 93.5 Å². The Kier molecular flexibility index (Phi) is 2.72. The fourth-order valence-electron chi connectivity index (χ4n) is 1.51. The molecule has 0 bridgehead atoms. The molecule has 3 heteroatoms. The number of hydrogen-bond acceptors (Lipinski definition) is 2. The average molecular weight is 225 g/mol. The number of halogens is 1. The van der Waals surface area contributed by atoms with E-state index in [9.17, 15) is 5.11 Å². The Morgan fingerprint density at radius 3 is 2.67 bits per heavy atom. The molecule has 2 unspecified atom stereocenters. The van der Waals surface area contributed by atoms with Crippen LogP contribution in [0.5, 0.6) is 0 Å². The van der Waals surface area contributed by atoms with Crippen LogP contribution in [0.2, 0.25) is 5.02 Å². The molecule has 0 spiro atoms. The van der Waals surface area contributed by atoms with Gasteiger partial charge in [-0.3, -0.25) is 0 Å². The van der Waals surface area contributed by atoms with Crippen LogP contribution in [0.4, 0.5) is 0 Å². The van der Waals surface area contributed by atoms with E-state index >= 15 is 0 Å². The molecule has 1 heterocycles. The molecular weight excluding hydrogens is 212 g/mol. The number of aliphatic hydroxyl groups is 1. The van der Waals surface area contributed by atoms with Crippen LogP contribution in [0.15, 0.2) is 28.7 Å². The third-order valence-electron chi connectivity index (χ3n) is 2.69. The first-order chi connectivity index (χ1) is 7.09. The van der Waals surface area contributed by atoms with Gasteiger partial charge in [0, 0.05) is 11.3 Å². The average Bonchev–Trinajstić information content (AvgIpc) is 2.61. The normalized spacial score (nSPS) is 15.5. The SMILES string of the molecule is CC(O)C(C)c1cc2cccc(Cl)c2o1. The maximum atomic E-state index is 9.48. The minimum Gasteiger partial charge on any atom is -0.459 e. The molecule has 0 saturated heterocycles. The zero-order valence-electron chi connectivity index (χ0n) is 8.70. The summed E-state index contributed by atoms with van der Waals surface area (Å²) >= 11 is 6.00. The van der Waals surface area contributed by atoms with Crippen LogP contribution in [-0.2, 0) is 0 Å². The lowest BCUT2D eigenvalue weighted by molar-refractivity contribution is 0.159. The molecule has 1 N–H and O–H groups in total. The van der Waals surface area contributed by atoms with Crippen molar-refractivity contribution in [3.63, 3.8) is 0 Å². The van der Waals surface area contributed by atoms with E-state index in [1.165, 1.54) is 0 Å². The molecular formula is C12H13ClO2. The van der Waals surface area contributed by atoms with Crippen LogP contribution in [0.3, 0.4) is 0 Å². The molecule has 0 aliphatic carbocycles. The maximum absolute atomic E-state index is 9.48. The number of furan rings is 1. The molecule has 2 rings (SSSR count). The molecule has 1 aromatic carbocycles. The standard InChI is InChI=1S/C12H13ClO2/c1-7(8(2)14)11-6-9-4-3-5-10(13)12(9)15-11/h3-8,14H,1-2H3. The molecule has 0 aliphatic rings. The van der Waals surface area contributed by atoms with E-state index in [0.717, 1.165) is 11.1 Å². The first-order valence-corrected chi connectivity index (χ1v) is 5.33. The molecule has 0 radical (unpaired) electrons. The number of para-hydroxylation sites is 1. The summed E-state index contributed by atoms with van der Waals surface area (Å²) in [6, 6.07) is 7.56. The number of hydrogen-bond donors (Lipinski definition) is 1. The molecule has 0 amide bonds. The van der Waals surface area contributed by atoms with Gasteiger partial charge in [0.25, 0.3) is 0 Å². The smallest absolute Gasteiger partial charge is 0.152 e. The summed E-state index contributed by atoms with van der Waals surface area (Å²) in [5, 5.41) is 11.1. The Bertz CT molecular complexity index is 473. The highest BCUT2D eigenvalue weighted by Gasteiger charge is 2.16.